The van der Waals surface area contributed by atoms with Gasteiger partial charge in [0.25, 0.3) is 0 Å². The van der Waals surface area contributed by atoms with Crippen LogP contribution in [0.5, 0.6) is 0 Å². The lowest BCUT2D eigenvalue weighted by molar-refractivity contribution is -0.120. The minimum atomic E-state index is 0.296. The SMILES string of the molecule is COCCC(C)C1CSCC1=O. The molecule has 1 fully saturated rings. The van der Waals surface area contributed by atoms with Gasteiger partial charge >= 0.3 is 0 Å². The first kappa shape index (κ1) is 10.1. The molecule has 3 heteroatoms. The maximum absolute atomic E-state index is 11.3. The van der Waals surface area contributed by atoms with Gasteiger partial charge in [-0.25, -0.2) is 0 Å². The van der Waals surface area contributed by atoms with Gasteiger partial charge in [-0.1, -0.05) is 6.92 Å². The number of rotatable bonds is 4. The summed E-state index contributed by atoms with van der Waals surface area (Å²) in [5, 5.41) is 0. The molecule has 2 atom stereocenters. The zero-order valence-electron chi connectivity index (χ0n) is 7.71. The monoisotopic (exact) mass is 188 g/mol. The van der Waals surface area contributed by atoms with Gasteiger partial charge in [0.1, 0.15) is 5.78 Å². The lowest BCUT2D eigenvalue weighted by Gasteiger charge is -2.15. The number of carbonyl (C=O) groups excluding carboxylic acids is 1. The lowest BCUT2D eigenvalue weighted by atomic mass is 9.90. The van der Waals surface area contributed by atoms with Gasteiger partial charge in [0, 0.05) is 25.4 Å². The van der Waals surface area contributed by atoms with Gasteiger partial charge in [-0.05, 0) is 12.3 Å². The fourth-order valence-corrected chi connectivity index (χ4v) is 2.77. The number of carbonyl (C=O) groups is 1. The van der Waals surface area contributed by atoms with E-state index in [0.717, 1.165) is 24.5 Å². The summed E-state index contributed by atoms with van der Waals surface area (Å²) >= 11 is 1.76. The molecule has 0 bridgehead atoms. The second-order valence-electron chi connectivity index (χ2n) is 3.35. The molecule has 0 aromatic heterocycles. The fraction of sp³-hybridized carbons (Fsp3) is 0.889. The Kier molecular flexibility index (Phi) is 4.09. The van der Waals surface area contributed by atoms with Crippen LogP contribution in [0.25, 0.3) is 0 Å². The Labute approximate surface area is 78.1 Å². The normalized spacial score (nSPS) is 26.2. The highest BCUT2D eigenvalue weighted by molar-refractivity contribution is 8.00. The van der Waals surface area contributed by atoms with Crippen LogP contribution < -0.4 is 0 Å². The molecular formula is C9H16O2S. The van der Waals surface area contributed by atoms with Crippen molar-refractivity contribution < 1.29 is 9.53 Å². The van der Waals surface area contributed by atoms with Gasteiger partial charge in [0.15, 0.2) is 0 Å². The molecule has 1 aliphatic heterocycles. The van der Waals surface area contributed by atoms with Crippen LogP contribution in [0.3, 0.4) is 0 Å². The summed E-state index contributed by atoms with van der Waals surface area (Å²) in [6.07, 6.45) is 1.01. The van der Waals surface area contributed by atoms with E-state index in [4.69, 9.17) is 4.74 Å². The number of Topliss-reactive ketones (excluding diaryl/α,β-unsaturated/α-hetero) is 1. The Morgan fingerprint density at radius 2 is 2.50 bits per heavy atom. The lowest BCUT2D eigenvalue weighted by Crippen LogP contribution is -2.20. The smallest absolute Gasteiger partial charge is 0.146 e. The van der Waals surface area contributed by atoms with E-state index in [-0.39, 0.29) is 0 Å². The molecule has 1 heterocycles. The summed E-state index contributed by atoms with van der Waals surface area (Å²) in [6.45, 7) is 2.92. The van der Waals surface area contributed by atoms with Crippen molar-refractivity contribution in [2.75, 3.05) is 25.2 Å². The maximum atomic E-state index is 11.3. The molecule has 0 aromatic carbocycles. The Bertz CT molecular complexity index is 159. The van der Waals surface area contributed by atoms with Gasteiger partial charge < -0.3 is 4.74 Å². The largest absolute Gasteiger partial charge is 0.385 e. The number of hydrogen-bond donors (Lipinski definition) is 0. The van der Waals surface area contributed by atoms with Gasteiger partial charge in [-0.3, -0.25) is 4.79 Å². The summed E-state index contributed by atoms with van der Waals surface area (Å²) in [7, 11) is 1.71. The number of ketones is 1. The summed E-state index contributed by atoms with van der Waals surface area (Å²) in [5.41, 5.74) is 0. The Morgan fingerprint density at radius 1 is 1.75 bits per heavy atom. The summed E-state index contributed by atoms with van der Waals surface area (Å²) < 4.78 is 4.99. The Hall–Kier alpha value is -0.0200. The number of thioether (sulfide) groups is 1. The van der Waals surface area contributed by atoms with Crippen LogP contribution in [-0.4, -0.2) is 31.0 Å². The second-order valence-corrected chi connectivity index (χ2v) is 4.38. The third-order valence-corrected chi connectivity index (χ3v) is 3.50. The predicted molar refractivity (Wildman–Crippen MR) is 51.5 cm³/mol. The molecule has 0 aromatic rings. The number of methoxy groups -OCH3 is 1. The van der Waals surface area contributed by atoms with Crippen molar-refractivity contribution >= 4 is 17.5 Å². The molecule has 0 saturated carbocycles. The average Bonchev–Trinajstić information content (AvgIpc) is 2.47. The van der Waals surface area contributed by atoms with Crippen LogP contribution in [0.1, 0.15) is 13.3 Å². The second kappa shape index (κ2) is 4.87. The van der Waals surface area contributed by atoms with Crippen molar-refractivity contribution in [2.24, 2.45) is 11.8 Å². The van der Waals surface area contributed by atoms with Crippen molar-refractivity contribution in [3.8, 4) is 0 Å². The maximum Gasteiger partial charge on any atom is 0.146 e. The average molecular weight is 188 g/mol. The van der Waals surface area contributed by atoms with Crippen molar-refractivity contribution in [1.82, 2.24) is 0 Å². The first-order valence-corrected chi connectivity index (χ1v) is 5.50. The molecule has 12 heavy (non-hydrogen) atoms. The molecule has 0 aliphatic carbocycles. The van der Waals surface area contributed by atoms with Crippen LogP contribution in [0.4, 0.5) is 0 Å². The summed E-state index contributed by atoms with van der Waals surface area (Å²) in [6, 6.07) is 0. The van der Waals surface area contributed by atoms with Crippen molar-refractivity contribution in [3.05, 3.63) is 0 Å². The molecule has 1 saturated heterocycles. The Balaban J connectivity index is 2.30. The van der Waals surface area contributed by atoms with E-state index in [1.165, 1.54) is 0 Å². The molecule has 0 amide bonds. The van der Waals surface area contributed by atoms with Crippen molar-refractivity contribution in [1.29, 1.82) is 0 Å². The highest BCUT2D eigenvalue weighted by Gasteiger charge is 2.29. The first-order chi connectivity index (χ1) is 5.75. The third kappa shape index (κ3) is 2.49. The van der Waals surface area contributed by atoms with E-state index in [2.05, 4.69) is 6.92 Å². The Morgan fingerprint density at radius 3 is 3.00 bits per heavy atom. The van der Waals surface area contributed by atoms with E-state index in [1.54, 1.807) is 18.9 Å². The molecule has 0 radical (unpaired) electrons. The molecule has 0 N–H and O–H groups in total. The van der Waals surface area contributed by atoms with Gasteiger partial charge in [-0.2, -0.15) is 11.8 Å². The van der Waals surface area contributed by atoms with E-state index in [9.17, 15) is 4.79 Å². The predicted octanol–water partition coefficient (Wildman–Crippen LogP) is 1.59. The van der Waals surface area contributed by atoms with E-state index in [1.807, 2.05) is 0 Å². The molecule has 1 aliphatic rings. The minimum Gasteiger partial charge on any atom is -0.385 e. The third-order valence-electron chi connectivity index (χ3n) is 2.42. The molecule has 1 rings (SSSR count). The van der Waals surface area contributed by atoms with Gasteiger partial charge in [0.2, 0.25) is 0 Å². The highest BCUT2D eigenvalue weighted by Crippen LogP contribution is 2.28. The van der Waals surface area contributed by atoms with Crippen LogP contribution in [0, 0.1) is 11.8 Å². The molecule has 2 unspecified atom stereocenters. The minimum absolute atomic E-state index is 0.296. The van der Waals surface area contributed by atoms with Crippen molar-refractivity contribution in [3.63, 3.8) is 0 Å². The van der Waals surface area contributed by atoms with E-state index in [0.29, 0.717) is 17.6 Å². The zero-order valence-corrected chi connectivity index (χ0v) is 8.52. The molecule has 70 valence electrons. The van der Waals surface area contributed by atoms with Crippen LogP contribution >= 0.6 is 11.8 Å². The zero-order chi connectivity index (χ0) is 8.97. The van der Waals surface area contributed by atoms with Crippen LogP contribution in [0.15, 0.2) is 0 Å². The standard InChI is InChI=1S/C9H16O2S/c1-7(3-4-11-2)8-5-12-6-9(8)10/h7-8H,3-6H2,1-2H3. The topological polar surface area (TPSA) is 26.3 Å². The summed E-state index contributed by atoms with van der Waals surface area (Å²) in [4.78, 5) is 11.3. The number of hydrogen-bond acceptors (Lipinski definition) is 3. The molecule has 0 spiro atoms. The van der Waals surface area contributed by atoms with E-state index < -0.39 is 0 Å². The van der Waals surface area contributed by atoms with Crippen molar-refractivity contribution in [2.45, 2.75) is 13.3 Å². The first-order valence-electron chi connectivity index (χ1n) is 4.35. The van der Waals surface area contributed by atoms with Gasteiger partial charge in [0.05, 0.1) is 5.75 Å². The summed E-state index contributed by atoms with van der Waals surface area (Å²) in [5.74, 6) is 2.97. The quantitative estimate of drug-likeness (QED) is 0.670. The molecular weight excluding hydrogens is 172 g/mol. The van der Waals surface area contributed by atoms with Crippen LogP contribution in [0.2, 0.25) is 0 Å². The van der Waals surface area contributed by atoms with Crippen LogP contribution in [-0.2, 0) is 9.53 Å². The fourth-order valence-electron chi connectivity index (χ4n) is 1.47. The molecule has 2 nitrogen and oxygen atoms in total. The van der Waals surface area contributed by atoms with Gasteiger partial charge in [-0.15, -0.1) is 0 Å². The highest BCUT2D eigenvalue weighted by atomic mass is 32.2. The van der Waals surface area contributed by atoms with E-state index >= 15 is 0 Å². The number of ether oxygens (including phenoxy) is 1.